The van der Waals surface area contributed by atoms with Gasteiger partial charge in [0.05, 0.1) is 0 Å². The molecule has 17 heavy (non-hydrogen) atoms. The Balaban J connectivity index is 2.67. The third kappa shape index (κ3) is 4.24. The van der Waals surface area contributed by atoms with Crippen molar-refractivity contribution in [2.45, 2.75) is 13.8 Å². The van der Waals surface area contributed by atoms with E-state index in [1.807, 2.05) is 26.0 Å². The average molecular weight is 257 g/mol. The number of hydrogen-bond acceptors (Lipinski definition) is 3. The van der Waals surface area contributed by atoms with E-state index in [2.05, 4.69) is 5.43 Å². The van der Waals surface area contributed by atoms with E-state index in [1.165, 1.54) is 0 Å². The van der Waals surface area contributed by atoms with E-state index in [0.717, 1.165) is 11.1 Å². The maximum Gasteiger partial charge on any atom is 0.272 e. The van der Waals surface area contributed by atoms with Gasteiger partial charge in [0.2, 0.25) is 0 Å². The summed E-state index contributed by atoms with van der Waals surface area (Å²) in [6.45, 7) is 3.79. The van der Waals surface area contributed by atoms with Crippen LogP contribution in [0, 0.1) is 13.8 Å². The fraction of sp³-hybridized carbons (Fsp3) is 0.417. The summed E-state index contributed by atoms with van der Waals surface area (Å²) in [5.41, 5.74) is 4.45. The Kier molecular flexibility index (Phi) is 4.78. The number of rotatable bonds is 4. The number of amides is 1. The van der Waals surface area contributed by atoms with Gasteiger partial charge in [-0.1, -0.05) is 11.6 Å². The van der Waals surface area contributed by atoms with Crippen molar-refractivity contribution in [2.24, 2.45) is 0 Å². The molecular formula is C12H17ClN2O2. The quantitative estimate of drug-likeness (QED) is 0.837. The van der Waals surface area contributed by atoms with Gasteiger partial charge in [0, 0.05) is 19.1 Å². The highest BCUT2D eigenvalue weighted by molar-refractivity contribution is 6.30. The van der Waals surface area contributed by atoms with Crippen LogP contribution in [0.3, 0.4) is 0 Å². The van der Waals surface area contributed by atoms with E-state index in [1.54, 1.807) is 19.1 Å². The van der Waals surface area contributed by atoms with Gasteiger partial charge in [-0.3, -0.25) is 10.2 Å². The maximum atomic E-state index is 11.4. The predicted molar refractivity (Wildman–Crippen MR) is 68.3 cm³/mol. The lowest BCUT2D eigenvalue weighted by Gasteiger charge is -2.15. The Morgan fingerprint density at radius 1 is 1.35 bits per heavy atom. The fourth-order valence-electron chi connectivity index (χ4n) is 1.54. The minimum atomic E-state index is -0.191. The van der Waals surface area contributed by atoms with Gasteiger partial charge in [-0.2, -0.15) is 0 Å². The molecule has 4 nitrogen and oxygen atoms in total. The van der Waals surface area contributed by atoms with Crippen LogP contribution in [-0.4, -0.2) is 31.6 Å². The van der Waals surface area contributed by atoms with Crippen LogP contribution < -0.4 is 10.2 Å². The highest BCUT2D eigenvalue weighted by Gasteiger charge is 2.08. The molecule has 0 aliphatic rings. The number of carbonyl (C=O) groups is 1. The third-order valence-corrected chi connectivity index (χ3v) is 2.34. The highest BCUT2D eigenvalue weighted by Crippen LogP contribution is 2.26. The summed E-state index contributed by atoms with van der Waals surface area (Å²) >= 11 is 5.91. The van der Waals surface area contributed by atoms with E-state index in [0.29, 0.717) is 10.8 Å². The normalized spacial score (nSPS) is 10.5. The van der Waals surface area contributed by atoms with Crippen LogP contribution >= 0.6 is 11.6 Å². The monoisotopic (exact) mass is 256 g/mol. The van der Waals surface area contributed by atoms with Gasteiger partial charge in [0.1, 0.15) is 5.75 Å². The number of hydrogen-bond donors (Lipinski definition) is 1. The highest BCUT2D eigenvalue weighted by atomic mass is 35.5. The van der Waals surface area contributed by atoms with Gasteiger partial charge in [0.25, 0.3) is 5.91 Å². The van der Waals surface area contributed by atoms with E-state index in [-0.39, 0.29) is 12.5 Å². The van der Waals surface area contributed by atoms with Crippen LogP contribution in [-0.2, 0) is 4.79 Å². The second-order valence-corrected chi connectivity index (χ2v) is 4.52. The number of nitrogens with one attached hydrogen (secondary N) is 1. The molecule has 1 amide bonds. The molecule has 0 aliphatic carbocycles. The first-order chi connectivity index (χ1) is 7.90. The number of ether oxygens (including phenoxy) is 1. The average Bonchev–Trinajstić information content (AvgIpc) is 2.14. The summed E-state index contributed by atoms with van der Waals surface area (Å²) in [5, 5.41) is 2.25. The van der Waals surface area contributed by atoms with Crippen LogP contribution in [0.4, 0.5) is 0 Å². The summed E-state index contributed by atoms with van der Waals surface area (Å²) in [4.78, 5) is 11.4. The molecule has 0 radical (unpaired) electrons. The van der Waals surface area contributed by atoms with Crippen molar-refractivity contribution in [3.63, 3.8) is 0 Å². The minimum Gasteiger partial charge on any atom is -0.483 e. The predicted octanol–water partition coefficient (Wildman–Crippen LogP) is 1.93. The topological polar surface area (TPSA) is 41.6 Å². The van der Waals surface area contributed by atoms with Crippen LogP contribution in [0.1, 0.15) is 11.1 Å². The van der Waals surface area contributed by atoms with E-state index >= 15 is 0 Å². The van der Waals surface area contributed by atoms with Gasteiger partial charge < -0.3 is 4.74 Å². The second-order valence-electron chi connectivity index (χ2n) is 4.09. The zero-order chi connectivity index (χ0) is 13.0. The maximum absolute atomic E-state index is 11.4. The van der Waals surface area contributed by atoms with Gasteiger partial charge in [-0.25, -0.2) is 5.01 Å². The summed E-state index contributed by atoms with van der Waals surface area (Å²) in [5.74, 6) is 0.520. The smallest absolute Gasteiger partial charge is 0.272 e. The Hall–Kier alpha value is -1.26. The Labute approximate surface area is 106 Å². The van der Waals surface area contributed by atoms with Gasteiger partial charge in [-0.05, 0) is 37.1 Å². The summed E-state index contributed by atoms with van der Waals surface area (Å²) < 4.78 is 5.49. The lowest BCUT2D eigenvalue weighted by Crippen LogP contribution is -2.39. The fourth-order valence-corrected chi connectivity index (χ4v) is 1.87. The molecule has 1 N–H and O–H groups in total. The molecule has 0 unspecified atom stereocenters. The van der Waals surface area contributed by atoms with E-state index < -0.39 is 0 Å². The molecule has 0 atom stereocenters. The van der Waals surface area contributed by atoms with Crippen LogP contribution in [0.15, 0.2) is 12.1 Å². The second kappa shape index (κ2) is 5.89. The van der Waals surface area contributed by atoms with E-state index in [9.17, 15) is 4.79 Å². The van der Waals surface area contributed by atoms with Gasteiger partial charge in [0.15, 0.2) is 6.61 Å². The summed E-state index contributed by atoms with van der Waals surface area (Å²) in [6, 6.07) is 3.63. The molecular weight excluding hydrogens is 240 g/mol. The van der Waals surface area contributed by atoms with Crippen LogP contribution in [0.25, 0.3) is 0 Å². The molecule has 0 fully saturated rings. The SMILES string of the molecule is Cc1cc(Cl)cc(C)c1OCC(=O)NN(C)C. The molecule has 94 valence electrons. The first kappa shape index (κ1) is 13.8. The molecule has 0 saturated heterocycles. The number of benzene rings is 1. The zero-order valence-electron chi connectivity index (χ0n) is 10.5. The van der Waals surface area contributed by atoms with Crippen molar-refractivity contribution >= 4 is 17.5 Å². The Bertz CT molecular complexity index is 396. The Morgan fingerprint density at radius 3 is 2.35 bits per heavy atom. The lowest BCUT2D eigenvalue weighted by molar-refractivity contribution is -0.126. The van der Waals surface area contributed by atoms with Crippen LogP contribution in [0.5, 0.6) is 5.75 Å². The summed E-state index contributed by atoms with van der Waals surface area (Å²) in [6.07, 6.45) is 0. The number of halogens is 1. The van der Waals surface area contributed by atoms with Crippen molar-refractivity contribution in [1.82, 2.24) is 10.4 Å². The zero-order valence-corrected chi connectivity index (χ0v) is 11.3. The molecule has 0 bridgehead atoms. The first-order valence-corrected chi connectivity index (χ1v) is 5.64. The van der Waals surface area contributed by atoms with Crippen molar-refractivity contribution in [3.8, 4) is 5.75 Å². The number of hydrazine groups is 1. The molecule has 1 aromatic rings. The largest absolute Gasteiger partial charge is 0.483 e. The molecule has 1 rings (SSSR count). The van der Waals surface area contributed by atoms with Crippen molar-refractivity contribution < 1.29 is 9.53 Å². The van der Waals surface area contributed by atoms with Crippen molar-refractivity contribution in [2.75, 3.05) is 20.7 Å². The third-order valence-electron chi connectivity index (χ3n) is 2.12. The van der Waals surface area contributed by atoms with Crippen molar-refractivity contribution in [1.29, 1.82) is 0 Å². The molecule has 0 aliphatic heterocycles. The molecule has 0 spiro atoms. The summed E-state index contributed by atoms with van der Waals surface area (Å²) in [7, 11) is 3.49. The van der Waals surface area contributed by atoms with E-state index in [4.69, 9.17) is 16.3 Å². The molecule has 5 heteroatoms. The van der Waals surface area contributed by atoms with Crippen molar-refractivity contribution in [3.05, 3.63) is 28.3 Å². The standard InChI is InChI=1S/C12H17ClN2O2/c1-8-5-10(13)6-9(2)12(8)17-7-11(16)14-15(3)4/h5-6H,7H2,1-4H3,(H,14,16). The number of aryl methyl sites for hydroxylation is 2. The molecule has 0 heterocycles. The van der Waals surface area contributed by atoms with Crippen LogP contribution in [0.2, 0.25) is 5.02 Å². The van der Waals surface area contributed by atoms with Gasteiger partial charge in [-0.15, -0.1) is 0 Å². The molecule has 0 saturated carbocycles. The lowest BCUT2D eigenvalue weighted by atomic mass is 10.1. The number of nitrogens with zero attached hydrogens (tertiary/aromatic N) is 1. The molecule has 1 aromatic carbocycles. The molecule has 0 aromatic heterocycles. The first-order valence-electron chi connectivity index (χ1n) is 5.26. The number of carbonyl (C=O) groups excluding carboxylic acids is 1. The van der Waals surface area contributed by atoms with Gasteiger partial charge >= 0.3 is 0 Å². The minimum absolute atomic E-state index is 0.0124. The Morgan fingerprint density at radius 2 is 1.88 bits per heavy atom.